The van der Waals surface area contributed by atoms with Crippen LogP contribution < -0.4 is 10.6 Å². The number of carbonyl (C=O) groups is 2. The van der Waals surface area contributed by atoms with Crippen LogP contribution in [0.1, 0.15) is 26.7 Å². The fraction of sp³-hybridized carbons (Fsp3) is 0.143. The lowest BCUT2D eigenvalue weighted by atomic mass is 9.90. The zero-order valence-corrected chi connectivity index (χ0v) is 15.0. The average Bonchev–Trinajstić information content (AvgIpc) is 3.22. The Bertz CT molecular complexity index is 793. The quantitative estimate of drug-likeness (QED) is 0.631. The summed E-state index contributed by atoms with van der Waals surface area (Å²) in [4.78, 5) is 25.4. The van der Waals surface area contributed by atoms with E-state index < -0.39 is 0 Å². The maximum Gasteiger partial charge on any atom is 0.261 e. The fourth-order valence-electron chi connectivity index (χ4n) is 2.74. The number of amides is 2. The van der Waals surface area contributed by atoms with E-state index in [4.69, 9.17) is 0 Å². The fourth-order valence-corrected chi connectivity index (χ4v) is 3.38. The Morgan fingerprint density at radius 1 is 0.769 bits per heavy atom. The third kappa shape index (κ3) is 4.58. The molecule has 3 aromatic rings. The molecule has 1 aromatic heterocycles. The van der Waals surface area contributed by atoms with E-state index in [1.165, 1.54) is 11.3 Å². The Morgan fingerprint density at radius 3 is 1.88 bits per heavy atom. The molecular weight excluding hydrogens is 344 g/mol. The van der Waals surface area contributed by atoms with Gasteiger partial charge in [0.05, 0.1) is 10.8 Å². The van der Waals surface area contributed by atoms with Gasteiger partial charge in [-0.15, -0.1) is 11.3 Å². The highest BCUT2D eigenvalue weighted by Gasteiger charge is 2.22. The van der Waals surface area contributed by atoms with Crippen molar-refractivity contribution >= 4 is 23.2 Å². The maximum atomic E-state index is 12.8. The lowest BCUT2D eigenvalue weighted by molar-refractivity contribution is -0.121. The molecule has 0 spiro atoms. The number of nitrogens with one attached hydrogen (secondary N) is 2. The molecular formula is C21H20N2O2S. The van der Waals surface area contributed by atoms with Crippen LogP contribution in [0.4, 0.5) is 0 Å². The predicted octanol–water partition coefficient (Wildman–Crippen LogP) is 3.43. The molecule has 1 heterocycles. The van der Waals surface area contributed by atoms with Crippen molar-refractivity contribution in [3.8, 4) is 0 Å². The molecule has 0 atom stereocenters. The molecule has 0 fully saturated rings. The molecule has 0 saturated heterocycles. The topological polar surface area (TPSA) is 58.2 Å². The lowest BCUT2D eigenvalue weighted by Gasteiger charge is -2.18. The second-order valence-electron chi connectivity index (χ2n) is 5.78. The summed E-state index contributed by atoms with van der Waals surface area (Å²) in [5.74, 6) is -0.560. The van der Waals surface area contributed by atoms with Crippen LogP contribution in [0, 0.1) is 0 Å². The van der Waals surface area contributed by atoms with Crippen LogP contribution in [0.25, 0.3) is 0 Å². The molecule has 5 heteroatoms. The summed E-state index contributed by atoms with van der Waals surface area (Å²) in [7, 11) is 0. The second kappa shape index (κ2) is 8.97. The van der Waals surface area contributed by atoms with Crippen molar-refractivity contribution in [2.24, 2.45) is 0 Å². The van der Waals surface area contributed by atoms with Crippen molar-refractivity contribution in [3.63, 3.8) is 0 Å². The van der Waals surface area contributed by atoms with Crippen molar-refractivity contribution in [1.82, 2.24) is 10.6 Å². The molecule has 2 amide bonds. The van der Waals surface area contributed by atoms with E-state index in [1.54, 1.807) is 6.07 Å². The van der Waals surface area contributed by atoms with E-state index >= 15 is 0 Å². The van der Waals surface area contributed by atoms with Crippen LogP contribution in [-0.2, 0) is 4.79 Å². The third-order valence-electron chi connectivity index (χ3n) is 3.98. The Kier molecular flexibility index (Phi) is 6.17. The van der Waals surface area contributed by atoms with E-state index in [2.05, 4.69) is 10.6 Å². The standard InChI is InChI=1S/C21H20N2O2S/c24-20(18-12-7-15-26-18)22-13-14-23-21(25)19(16-8-3-1-4-9-16)17-10-5-2-6-11-17/h1-12,15,19H,13-14H2,(H,22,24)(H,23,25). The molecule has 0 radical (unpaired) electrons. The van der Waals surface area contributed by atoms with Crippen molar-refractivity contribution in [1.29, 1.82) is 0 Å². The second-order valence-corrected chi connectivity index (χ2v) is 6.73. The van der Waals surface area contributed by atoms with Gasteiger partial charge in [0.1, 0.15) is 0 Å². The molecule has 132 valence electrons. The zero-order chi connectivity index (χ0) is 18.2. The van der Waals surface area contributed by atoms with Gasteiger partial charge in [0, 0.05) is 13.1 Å². The first kappa shape index (κ1) is 17.9. The number of hydrogen-bond acceptors (Lipinski definition) is 3. The summed E-state index contributed by atoms with van der Waals surface area (Å²) in [6.07, 6.45) is 0. The number of hydrogen-bond donors (Lipinski definition) is 2. The molecule has 0 aliphatic rings. The Morgan fingerprint density at radius 2 is 1.35 bits per heavy atom. The van der Waals surface area contributed by atoms with Crippen LogP contribution in [-0.4, -0.2) is 24.9 Å². The molecule has 0 saturated carbocycles. The van der Waals surface area contributed by atoms with Crippen LogP contribution in [0.2, 0.25) is 0 Å². The first-order valence-electron chi connectivity index (χ1n) is 8.45. The molecule has 26 heavy (non-hydrogen) atoms. The molecule has 0 unspecified atom stereocenters. The summed E-state index contributed by atoms with van der Waals surface area (Å²) in [5, 5.41) is 7.61. The monoisotopic (exact) mass is 364 g/mol. The minimum Gasteiger partial charge on any atom is -0.354 e. The normalized spacial score (nSPS) is 10.5. The van der Waals surface area contributed by atoms with Gasteiger partial charge >= 0.3 is 0 Å². The summed E-state index contributed by atoms with van der Waals surface area (Å²) in [5.41, 5.74) is 1.89. The number of rotatable bonds is 7. The summed E-state index contributed by atoms with van der Waals surface area (Å²) in [6.45, 7) is 0.769. The van der Waals surface area contributed by atoms with Gasteiger partial charge < -0.3 is 10.6 Å². The minimum absolute atomic E-state index is 0.0761. The molecule has 3 rings (SSSR count). The van der Waals surface area contributed by atoms with E-state index in [1.807, 2.05) is 72.1 Å². The maximum absolute atomic E-state index is 12.8. The smallest absolute Gasteiger partial charge is 0.261 e. The molecule has 2 aromatic carbocycles. The van der Waals surface area contributed by atoms with E-state index in [0.717, 1.165) is 11.1 Å². The van der Waals surface area contributed by atoms with Crippen LogP contribution >= 0.6 is 11.3 Å². The molecule has 2 N–H and O–H groups in total. The van der Waals surface area contributed by atoms with E-state index in [-0.39, 0.29) is 17.7 Å². The largest absolute Gasteiger partial charge is 0.354 e. The summed E-state index contributed by atoms with van der Waals surface area (Å²) < 4.78 is 0. The SMILES string of the molecule is O=C(NCCNC(=O)C(c1ccccc1)c1ccccc1)c1cccs1. The number of carbonyl (C=O) groups excluding carboxylic acids is 2. The number of benzene rings is 2. The van der Waals surface area contributed by atoms with Crippen molar-refractivity contribution in [2.45, 2.75) is 5.92 Å². The third-order valence-corrected chi connectivity index (χ3v) is 4.85. The Labute approximate surface area is 156 Å². The number of thiophene rings is 1. The van der Waals surface area contributed by atoms with Gasteiger partial charge in [0.25, 0.3) is 5.91 Å². The Hall–Kier alpha value is -2.92. The van der Waals surface area contributed by atoms with Gasteiger partial charge in [-0.3, -0.25) is 9.59 Å². The van der Waals surface area contributed by atoms with E-state index in [0.29, 0.717) is 18.0 Å². The summed E-state index contributed by atoms with van der Waals surface area (Å²) in [6, 6.07) is 23.0. The molecule has 4 nitrogen and oxygen atoms in total. The summed E-state index contributed by atoms with van der Waals surface area (Å²) >= 11 is 1.40. The molecule has 0 bridgehead atoms. The van der Waals surface area contributed by atoms with Gasteiger partial charge in [0.2, 0.25) is 5.91 Å². The highest BCUT2D eigenvalue weighted by atomic mass is 32.1. The first-order chi connectivity index (χ1) is 12.8. The zero-order valence-electron chi connectivity index (χ0n) is 14.2. The van der Waals surface area contributed by atoms with Crippen LogP contribution in [0.5, 0.6) is 0 Å². The van der Waals surface area contributed by atoms with Crippen molar-refractivity contribution in [2.75, 3.05) is 13.1 Å². The van der Waals surface area contributed by atoms with Gasteiger partial charge in [-0.25, -0.2) is 0 Å². The highest BCUT2D eigenvalue weighted by Crippen LogP contribution is 2.24. The minimum atomic E-state index is -0.370. The lowest BCUT2D eigenvalue weighted by Crippen LogP contribution is -2.37. The van der Waals surface area contributed by atoms with Crippen LogP contribution in [0.3, 0.4) is 0 Å². The van der Waals surface area contributed by atoms with Crippen molar-refractivity contribution in [3.05, 3.63) is 94.2 Å². The van der Waals surface area contributed by atoms with Gasteiger partial charge in [-0.05, 0) is 22.6 Å². The van der Waals surface area contributed by atoms with Gasteiger partial charge in [-0.1, -0.05) is 66.7 Å². The van der Waals surface area contributed by atoms with Crippen molar-refractivity contribution < 1.29 is 9.59 Å². The Balaban J connectivity index is 1.60. The highest BCUT2D eigenvalue weighted by molar-refractivity contribution is 7.12. The van der Waals surface area contributed by atoms with Gasteiger partial charge in [-0.2, -0.15) is 0 Å². The first-order valence-corrected chi connectivity index (χ1v) is 9.33. The average molecular weight is 364 g/mol. The van der Waals surface area contributed by atoms with Crippen LogP contribution in [0.15, 0.2) is 78.2 Å². The predicted molar refractivity (Wildman–Crippen MR) is 104 cm³/mol. The van der Waals surface area contributed by atoms with E-state index in [9.17, 15) is 9.59 Å². The molecule has 0 aliphatic carbocycles. The van der Waals surface area contributed by atoms with Gasteiger partial charge in [0.15, 0.2) is 0 Å². The molecule has 0 aliphatic heterocycles.